The lowest BCUT2D eigenvalue weighted by Crippen LogP contribution is -2.39. The van der Waals surface area contributed by atoms with Crippen LogP contribution < -0.4 is 5.32 Å². The van der Waals surface area contributed by atoms with Gasteiger partial charge in [-0.05, 0) is 12.8 Å². The van der Waals surface area contributed by atoms with Gasteiger partial charge in [0.2, 0.25) is 5.91 Å². The van der Waals surface area contributed by atoms with E-state index >= 15 is 0 Å². The van der Waals surface area contributed by atoms with Crippen molar-refractivity contribution < 1.29 is 9.90 Å². The molecule has 1 rings (SSSR count). The van der Waals surface area contributed by atoms with E-state index in [4.69, 9.17) is 5.11 Å². The molecule has 1 amide bonds. The first-order valence-corrected chi connectivity index (χ1v) is 5.79. The average Bonchev–Trinajstić information content (AvgIpc) is 2.64. The van der Waals surface area contributed by atoms with Crippen LogP contribution in [0.3, 0.4) is 0 Å². The Bertz CT molecular complexity index is 207. The standard InChI is InChI=1S/C11H22N2O2/c1-9(2)12-6-5-11(15)13-7-3-4-10(13)8-14/h9-10,12,14H,3-8H2,1-2H3. The third-order valence-corrected chi connectivity index (χ3v) is 2.80. The van der Waals surface area contributed by atoms with Crippen LogP contribution in [0.2, 0.25) is 0 Å². The van der Waals surface area contributed by atoms with Crippen molar-refractivity contribution in [1.29, 1.82) is 0 Å². The number of nitrogens with one attached hydrogen (secondary N) is 1. The number of likely N-dealkylation sites (tertiary alicyclic amines) is 1. The Morgan fingerprint density at radius 1 is 1.60 bits per heavy atom. The molecule has 2 N–H and O–H groups in total. The Hall–Kier alpha value is -0.610. The van der Waals surface area contributed by atoms with Crippen molar-refractivity contribution in [2.75, 3.05) is 19.7 Å². The van der Waals surface area contributed by atoms with Crippen molar-refractivity contribution in [3.8, 4) is 0 Å². The van der Waals surface area contributed by atoms with Gasteiger partial charge in [0.15, 0.2) is 0 Å². The summed E-state index contributed by atoms with van der Waals surface area (Å²) in [5, 5.41) is 12.3. The Labute approximate surface area is 91.6 Å². The predicted octanol–water partition coefficient (Wildman–Crippen LogP) is 0.358. The SMILES string of the molecule is CC(C)NCCC(=O)N1CCCC1CO. The second-order valence-electron chi connectivity index (χ2n) is 4.42. The Morgan fingerprint density at radius 2 is 2.33 bits per heavy atom. The van der Waals surface area contributed by atoms with Crippen molar-refractivity contribution >= 4 is 5.91 Å². The van der Waals surface area contributed by atoms with Crippen LogP contribution in [0.1, 0.15) is 33.1 Å². The van der Waals surface area contributed by atoms with Crippen LogP contribution in [0.4, 0.5) is 0 Å². The van der Waals surface area contributed by atoms with Crippen molar-refractivity contribution in [1.82, 2.24) is 10.2 Å². The minimum Gasteiger partial charge on any atom is -0.394 e. The van der Waals surface area contributed by atoms with E-state index in [-0.39, 0.29) is 18.6 Å². The van der Waals surface area contributed by atoms with Gasteiger partial charge in [0.05, 0.1) is 12.6 Å². The van der Waals surface area contributed by atoms with Gasteiger partial charge < -0.3 is 15.3 Å². The summed E-state index contributed by atoms with van der Waals surface area (Å²) in [6.45, 7) is 5.77. The quantitative estimate of drug-likeness (QED) is 0.694. The molecule has 1 aliphatic heterocycles. The number of carbonyl (C=O) groups excluding carboxylic acids is 1. The maximum atomic E-state index is 11.8. The van der Waals surface area contributed by atoms with Crippen molar-refractivity contribution in [2.24, 2.45) is 0 Å². The molecule has 4 heteroatoms. The number of hydrogen-bond acceptors (Lipinski definition) is 3. The Morgan fingerprint density at radius 3 is 2.93 bits per heavy atom. The minimum absolute atomic E-state index is 0.0662. The summed E-state index contributed by atoms with van der Waals surface area (Å²) in [6, 6.07) is 0.488. The molecule has 1 saturated heterocycles. The second kappa shape index (κ2) is 6.08. The molecule has 1 fully saturated rings. The highest BCUT2D eigenvalue weighted by Crippen LogP contribution is 2.17. The molecule has 0 aliphatic carbocycles. The maximum absolute atomic E-state index is 11.8. The first-order chi connectivity index (χ1) is 7.15. The second-order valence-corrected chi connectivity index (χ2v) is 4.42. The molecule has 0 bridgehead atoms. The van der Waals surface area contributed by atoms with E-state index in [0.717, 1.165) is 25.9 Å². The van der Waals surface area contributed by atoms with Crippen LogP contribution in [-0.4, -0.2) is 47.7 Å². The molecule has 15 heavy (non-hydrogen) atoms. The lowest BCUT2D eigenvalue weighted by Gasteiger charge is -2.23. The fourth-order valence-corrected chi connectivity index (χ4v) is 1.97. The number of carbonyl (C=O) groups is 1. The van der Waals surface area contributed by atoms with Crippen LogP contribution in [0.25, 0.3) is 0 Å². The summed E-state index contributed by atoms with van der Waals surface area (Å²) < 4.78 is 0. The van der Waals surface area contributed by atoms with Gasteiger partial charge in [0, 0.05) is 25.6 Å². The predicted molar refractivity (Wildman–Crippen MR) is 59.6 cm³/mol. The molecule has 88 valence electrons. The fourth-order valence-electron chi connectivity index (χ4n) is 1.97. The number of amides is 1. The van der Waals surface area contributed by atoms with Gasteiger partial charge >= 0.3 is 0 Å². The molecule has 0 radical (unpaired) electrons. The Kier molecular flexibility index (Phi) is 5.05. The third kappa shape index (κ3) is 3.80. The summed E-state index contributed by atoms with van der Waals surface area (Å²) in [4.78, 5) is 13.6. The van der Waals surface area contributed by atoms with Gasteiger partial charge in [-0.1, -0.05) is 13.8 Å². The van der Waals surface area contributed by atoms with E-state index in [0.29, 0.717) is 12.5 Å². The average molecular weight is 214 g/mol. The minimum atomic E-state index is 0.0662. The smallest absolute Gasteiger partial charge is 0.224 e. The van der Waals surface area contributed by atoms with Crippen LogP contribution in [0, 0.1) is 0 Å². The zero-order valence-corrected chi connectivity index (χ0v) is 9.70. The van der Waals surface area contributed by atoms with E-state index in [9.17, 15) is 4.79 Å². The van der Waals surface area contributed by atoms with Gasteiger partial charge in [-0.25, -0.2) is 0 Å². The largest absolute Gasteiger partial charge is 0.394 e. The summed E-state index contributed by atoms with van der Waals surface area (Å²) >= 11 is 0. The fraction of sp³-hybridized carbons (Fsp3) is 0.909. The lowest BCUT2D eigenvalue weighted by atomic mass is 10.2. The Balaban J connectivity index is 2.27. The van der Waals surface area contributed by atoms with Crippen LogP contribution in [0.15, 0.2) is 0 Å². The van der Waals surface area contributed by atoms with E-state index in [1.165, 1.54) is 0 Å². The van der Waals surface area contributed by atoms with E-state index < -0.39 is 0 Å². The highest BCUT2D eigenvalue weighted by Gasteiger charge is 2.27. The molecule has 0 spiro atoms. The van der Waals surface area contributed by atoms with Crippen molar-refractivity contribution in [3.63, 3.8) is 0 Å². The van der Waals surface area contributed by atoms with Gasteiger partial charge in [-0.15, -0.1) is 0 Å². The summed E-state index contributed by atoms with van der Waals surface area (Å²) in [5.41, 5.74) is 0. The number of aliphatic hydroxyl groups excluding tert-OH is 1. The van der Waals surface area contributed by atoms with Gasteiger partial charge in [-0.2, -0.15) is 0 Å². The lowest BCUT2D eigenvalue weighted by molar-refractivity contribution is -0.132. The molecule has 0 aromatic carbocycles. The van der Waals surface area contributed by atoms with Crippen LogP contribution in [0.5, 0.6) is 0 Å². The van der Waals surface area contributed by atoms with Gasteiger partial charge in [-0.3, -0.25) is 4.79 Å². The monoisotopic (exact) mass is 214 g/mol. The molecule has 1 unspecified atom stereocenters. The van der Waals surface area contributed by atoms with Gasteiger partial charge in [0.1, 0.15) is 0 Å². The van der Waals surface area contributed by atoms with E-state index in [1.807, 2.05) is 4.90 Å². The zero-order valence-electron chi connectivity index (χ0n) is 9.70. The van der Waals surface area contributed by atoms with E-state index in [1.54, 1.807) is 0 Å². The van der Waals surface area contributed by atoms with E-state index in [2.05, 4.69) is 19.2 Å². The third-order valence-electron chi connectivity index (χ3n) is 2.80. The van der Waals surface area contributed by atoms with Crippen LogP contribution >= 0.6 is 0 Å². The molecular weight excluding hydrogens is 192 g/mol. The molecular formula is C11H22N2O2. The molecule has 0 aromatic rings. The van der Waals surface area contributed by atoms with Crippen LogP contribution in [-0.2, 0) is 4.79 Å². The summed E-state index contributed by atoms with van der Waals surface area (Å²) in [5.74, 6) is 0.166. The zero-order chi connectivity index (χ0) is 11.3. The molecule has 0 saturated carbocycles. The number of hydrogen-bond donors (Lipinski definition) is 2. The highest BCUT2D eigenvalue weighted by molar-refractivity contribution is 5.77. The first kappa shape index (κ1) is 12.5. The number of aliphatic hydroxyl groups is 1. The number of nitrogens with zero attached hydrogens (tertiary/aromatic N) is 1. The normalized spacial score (nSPS) is 21.3. The number of rotatable bonds is 5. The molecule has 0 aromatic heterocycles. The molecule has 1 atom stereocenters. The topological polar surface area (TPSA) is 52.6 Å². The maximum Gasteiger partial charge on any atom is 0.224 e. The molecule has 4 nitrogen and oxygen atoms in total. The first-order valence-electron chi connectivity index (χ1n) is 5.79. The summed E-state index contributed by atoms with van der Waals surface area (Å²) in [7, 11) is 0. The highest BCUT2D eigenvalue weighted by atomic mass is 16.3. The van der Waals surface area contributed by atoms with Gasteiger partial charge in [0.25, 0.3) is 0 Å². The molecule has 1 aliphatic rings. The van der Waals surface area contributed by atoms with Crippen molar-refractivity contribution in [3.05, 3.63) is 0 Å². The summed E-state index contributed by atoms with van der Waals surface area (Å²) in [6.07, 6.45) is 2.50. The van der Waals surface area contributed by atoms with Crippen molar-refractivity contribution in [2.45, 2.75) is 45.2 Å². The molecule has 1 heterocycles.